The maximum atomic E-state index is 13.0. The fourth-order valence-corrected chi connectivity index (χ4v) is 6.86. The quantitative estimate of drug-likeness (QED) is 0.565. The van der Waals surface area contributed by atoms with Gasteiger partial charge >= 0.3 is 0 Å². The van der Waals surface area contributed by atoms with Crippen molar-refractivity contribution < 1.29 is 13.2 Å². The zero-order chi connectivity index (χ0) is 22.7. The first-order valence-corrected chi connectivity index (χ1v) is 13.1. The Bertz CT molecular complexity index is 1180. The van der Waals surface area contributed by atoms with Crippen LogP contribution in [0.1, 0.15) is 35.8 Å². The lowest BCUT2D eigenvalue weighted by Crippen LogP contribution is -2.43. The molecule has 0 aliphatic carbocycles. The molecule has 1 aliphatic heterocycles. The Morgan fingerprint density at radius 3 is 2.59 bits per heavy atom. The van der Waals surface area contributed by atoms with Crippen molar-refractivity contribution in [3.8, 4) is 0 Å². The molecule has 7 nitrogen and oxygen atoms in total. The van der Waals surface area contributed by atoms with Crippen molar-refractivity contribution in [2.24, 2.45) is 5.92 Å². The number of piperidine rings is 1. The summed E-state index contributed by atoms with van der Waals surface area (Å²) in [5.74, 6) is 0.0468. The van der Waals surface area contributed by atoms with E-state index in [4.69, 9.17) is 0 Å². The summed E-state index contributed by atoms with van der Waals surface area (Å²) in [6.45, 7) is 5.19. The minimum absolute atomic E-state index is 0.171. The Morgan fingerprint density at radius 2 is 1.91 bits per heavy atom. The van der Waals surface area contributed by atoms with E-state index in [1.807, 2.05) is 13.0 Å². The van der Waals surface area contributed by atoms with Gasteiger partial charge in [-0.1, -0.05) is 31.2 Å². The first-order valence-electron chi connectivity index (χ1n) is 10.8. The van der Waals surface area contributed by atoms with Gasteiger partial charge in [0.1, 0.15) is 10.0 Å². The van der Waals surface area contributed by atoms with Crippen LogP contribution in [0.25, 0.3) is 0 Å². The molecule has 1 aromatic carbocycles. The average molecular weight is 473 g/mol. The minimum atomic E-state index is -3.57. The van der Waals surface area contributed by atoms with Gasteiger partial charge in [-0.05, 0) is 49.4 Å². The fourth-order valence-electron chi connectivity index (χ4n) is 3.90. The normalized spacial score (nSPS) is 17.4. The van der Waals surface area contributed by atoms with E-state index in [2.05, 4.69) is 41.6 Å². The van der Waals surface area contributed by atoms with Gasteiger partial charge in [-0.15, -0.1) is 11.3 Å². The third-order valence-corrected chi connectivity index (χ3v) is 9.13. The van der Waals surface area contributed by atoms with Crippen LogP contribution in [0.2, 0.25) is 0 Å². The predicted molar refractivity (Wildman–Crippen MR) is 126 cm³/mol. The standard InChI is InChI=1S/C23H28N4O3S2/c1-3-18-7-9-19(10-8-18)15-27-21(12-13-24-27)25-23(28)20-5-4-14-26(16-20)32(29,30)22-11-6-17(2)31-22/h6-13,20H,3-5,14-16H2,1-2H3,(H,25,28). The molecule has 9 heteroatoms. The van der Waals surface area contributed by atoms with Crippen LogP contribution in [-0.4, -0.2) is 41.5 Å². The number of hydrogen-bond acceptors (Lipinski definition) is 5. The van der Waals surface area contributed by atoms with E-state index in [1.165, 1.54) is 21.2 Å². The number of carbonyl (C=O) groups is 1. The van der Waals surface area contributed by atoms with Gasteiger partial charge in [0.15, 0.2) is 0 Å². The van der Waals surface area contributed by atoms with Crippen molar-refractivity contribution in [1.29, 1.82) is 0 Å². The number of aromatic nitrogens is 2. The lowest BCUT2D eigenvalue weighted by molar-refractivity contribution is -0.120. The van der Waals surface area contributed by atoms with Crippen LogP contribution in [0.5, 0.6) is 0 Å². The second kappa shape index (κ2) is 9.56. The molecule has 1 unspecified atom stereocenters. The number of rotatable bonds is 7. The molecule has 1 saturated heterocycles. The molecule has 1 aliphatic rings. The van der Waals surface area contributed by atoms with E-state index in [-0.39, 0.29) is 12.5 Å². The van der Waals surface area contributed by atoms with Crippen LogP contribution in [-0.2, 0) is 27.8 Å². The van der Waals surface area contributed by atoms with Crippen LogP contribution in [0.4, 0.5) is 5.82 Å². The molecule has 2 aromatic heterocycles. The van der Waals surface area contributed by atoms with Gasteiger partial charge in [0.2, 0.25) is 5.91 Å². The minimum Gasteiger partial charge on any atom is -0.311 e. The SMILES string of the molecule is CCc1ccc(Cn2nccc2NC(=O)C2CCCN(S(=O)(=O)c3ccc(C)s3)C2)cc1. The van der Waals surface area contributed by atoms with Crippen molar-refractivity contribution in [2.45, 2.75) is 43.9 Å². The molecule has 3 heterocycles. The molecule has 1 amide bonds. The molecule has 1 fully saturated rings. The third-order valence-electron chi connectivity index (χ3n) is 5.80. The molecule has 0 spiro atoms. The maximum Gasteiger partial charge on any atom is 0.252 e. The first-order chi connectivity index (χ1) is 15.4. The fraction of sp³-hybridized carbons (Fsp3) is 0.391. The van der Waals surface area contributed by atoms with Crippen molar-refractivity contribution >= 4 is 33.1 Å². The van der Waals surface area contributed by atoms with Gasteiger partial charge in [0.25, 0.3) is 10.0 Å². The smallest absolute Gasteiger partial charge is 0.252 e. The lowest BCUT2D eigenvalue weighted by Gasteiger charge is -2.30. The molecule has 0 radical (unpaired) electrons. The Kier molecular flexibility index (Phi) is 6.78. The molecular formula is C23H28N4O3S2. The van der Waals surface area contributed by atoms with E-state index in [0.29, 0.717) is 36.0 Å². The highest BCUT2D eigenvalue weighted by atomic mass is 32.2. The van der Waals surface area contributed by atoms with E-state index in [9.17, 15) is 13.2 Å². The van der Waals surface area contributed by atoms with Crippen LogP contribution < -0.4 is 5.32 Å². The maximum absolute atomic E-state index is 13.0. The number of nitrogens with one attached hydrogen (secondary N) is 1. The number of anilines is 1. The van der Waals surface area contributed by atoms with Gasteiger partial charge in [-0.2, -0.15) is 9.40 Å². The number of sulfonamides is 1. The molecule has 4 rings (SSSR count). The molecule has 0 bridgehead atoms. The average Bonchev–Trinajstić information content (AvgIpc) is 3.43. The topological polar surface area (TPSA) is 84.3 Å². The Hall–Kier alpha value is -2.49. The highest BCUT2D eigenvalue weighted by molar-refractivity contribution is 7.91. The predicted octanol–water partition coefficient (Wildman–Crippen LogP) is 3.90. The number of hydrogen-bond donors (Lipinski definition) is 1. The molecule has 1 N–H and O–H groups in total. The largest absolute Gasteiger partial charge is 0.311 e. The zero-order valence-electron chi connectivity index (χ0n) is 18.3. The van der Waals surface area contributed by atoms with Crippen LogP contribution in [0.15, 0.2) is 52.9 Å². The summed E-state index contributed by atoms with van der Waals surface area (Å²) in [7, 11) is -3.57. The number of benzene rings is 1. The summed E-state index contributed by atoms with van der Waals surface area (Å²) in [5.41, 5.74) is 2.37. The highest BCUT2D eigenvalue weighted by Crippen LogP contribution is 2.28. The zero-order valence-corrected chi connectivity index (χ0v) is 20.0. The molecule has 32 heavy (non-hydrogen) atoms. The van der Waals surface area contributed by atoms with E-state index in [0.717, 1.165) is 16.9 Å². The van der Waals surface area contributed by atoms with Crippen LogP contribution >= 0.6 is 11.3 Å². The van der Waals surface area contributed by atoms with Crippen molar-refractivity contribution in [3.05, 3.63) is 64.7 Å². The van der Waals surface area contributed by atoms with E-state index in [1.54, 1.807) is 23.0 Å². The van der Waals surface area contributed by atoms with E-state index < -0.39 is 15.9 Å². The summed E-state index contributed by atoms with van der Waals surface area (Å²) >= 11 is 1.26. The number of carbonyl (C=O) groups excluding carboxylic acids is 1. The Balaban J connectivity index is 1.42. The van der Waals surface area contributed by atoms with Gasteiger partial charge in [-0.3, -0.25) is 4.79 Å². The summed E-state index contributed by atoms with van der Waals surface area (Å²) in [6, 6.07) is 13.6. The van der Waals surface area contributed by atoms with Crippen molar-refractivity contribution in [2.75, 3.05) is 18.4 Å². The molecule has 3 aromatic rings. The van der Waals surface area contributed by atoms with Gasteiger partial charge in [0.05, 0.1) is 18.7 Å². The van der Waals surface area contributed by atoms with E-state index >= 15 is 0 Å². The molecular weight excluding hydrogens is 444 g/mol. The highest BCUT2D eigenvalue weighted by Gasteiger charge is 2.34. The van der Waals surface area contributed by atoms with Crippen LogP contribution in [0, 0.1) is 12.8 Å². The Labute approximate surface area is 193 Å². The first kappa shape index (κ1) is 22.7. The second-order valence-electron chi connectivity index (χ2n) is 8.10. The van der Waals surface area contributed by atoms with Gasteiger partial charge < -0.3 is 5.32 Å². The van der Waals surface area contributed by atoms with Crippen molar-refractivity contribution in [3.63, 3.8) is 0 Å². The van der Waals surface area contributed by atoms with Crippen molar-refractivity contribution in [1.82, 2.24) is 14.1 Å². The summed E-state index contributed by atoms with van der Waals surface area (Å²) in [5, 5.41) is 7.31. The lowest BCUT2D eigenvalue weighted by atomic mass is 9.99. The number of thiophene rings is 1. The van der Waals surface area contributed by atoms with Gasteiger partial charge in [0, 0.05) is 24.0 Å². The summed E-state index contributed by atoms with van der Waals surface area (Å²) < 4.78 is 29.5. The molecule has 1 atom stereocenters. The molecule has 0 saturated carbocycles. The third kappa shape index (κ3) is 4.95. The number of amides is 1. The van der Waals surface area contributed by atoms with Gasteiger partial charge in [-0.25, -0.2) is 13.1 Å². The number of aryl methyl sites for hydroxylation is 2. The molecule has 170 valence electrons. The Morgan fingerprint density at radius 1 is 1.16 bits per heavy atom. The summed E-state index contributed by atoms with van der Waals surface area (Å²) in [4.78, 5) is 13.9. The summed E-state index contributed by atoms with van der Waals surface area (Å²) in [6.07, 6.45) is 3.97. The van der Waals surface area contributed by atoms with Crippen LogP contribution in [0.3, 0.4) is 0 Å². The monoisotopic (exact) mass is 472 g/mol. The number of nitrogens with zero attached hydrogens (tertiary/aromatic N) is 3. The second-order valence-corrected chi connectivity index (χ2v) is 11.6.